The van der Waals surface area contributed by atoms with Crippen molar-refractivity contribution in [1.82, 2.24) is 4.90 Å². The number of piperidine rings is 1. The van der Waals surface area contributed by atoms with Crippen LogP contribution in [0.15, 0.2) is 23.1 Å². The Bertz CT molecular complexity index is 553. The zero-order valence-electron chi connectivity index (χ0n) is 11.5. The number of amides is 2. The van der Waals surface area contributed by atoms with E-state index in [1.165, 1.54) is 30.0 Å². The van der Waals surface area contributed by atoms with Gasteiger partial charge in [-0.15, -0.1) is 11.8 Å². The lowest BCUT2D eigenvalue weighted by Gasteiger charge is -2.31. The third kappa shape index (κ3) is 4.10. The van der Waals surface area contributed by atoms with Crippen LogP contribution in [0.1, 0.15) is 12.8 Å². The molecule has 0 aromatic heterocycles. The number of benzene rings is 1. The number of rotatable bonds is 4. The molecule has 1 aromatic carbocycles. The van der Waals surface area contributed by atoms with Crippen LogP contribution in [0.3, 0.4) is 0 Å². The Morgan fingerprint density at radius 2 is 2.19 bits per heavy atom. The molecule has 1 saturated heterocycles. The van der Waals surface area contributed by atoms with Gasteiger partial charge in [0.25, 0.3) is 0 Å². The molecular weight excluding hydrogens is 293 g/mol. The number of likely N-dealkylation sites (tertiary alicyclic amines) is 1. The van der Waals surface area contributed by atoms with E-state index in [2.05, 4.69) is 0 Å². The molecule has 1 aromatic rings. The highest BCUT2D eigenvalue weighted by atomic mass is 32.2. The van der Waals surface area contributed by atoms with Gasteiger partial charge in [0.1, 0.15) is 5.82 Å². The highest BCUT2D eigenvalue weighted by Gasteiger charge is 2.26. The summed E-state index contributed by atoms with van der Waals surface area (Å²) in [6.45, 7) is 0.995. The fourth-order valence-corrected chi connectivity index (χ4v) is 3.19. The summed E-state index contributed by atoms with van der Waals surface area (Å²) in [4.78, 5) is 25.5. The number of hydrogen-bond acceptors (Lipinski definition) is 4. The lowest BCUT2D eigenvalue weighted by Crippen LogP contribution is -2.44. The molecule has 7 heteroatoms. The second-order valence-electron chi connectivity index (χ2n) is 5.05. The van der Waals surface area contributed by atoms with Crippen LogP contribution in [0.5, 0.6) is 0 Å². The summed E-state index contributed by atoms with van der Waals surface area (Å²) >= 11 is 1.20. The number of halogens is 1. The summed E-state index contributed by atoms with van der Waals surface area (Å²) in [5.41, 5.74) is 11.5. The van der Waals surface area contributed by atoms with Crippen molar-refractivity contribution in [3.8, 4) is 0 Å². The van der Waals surface area contributed by atoms with E-state index in [0.717, 1.165) is 12.8 Å². The Kier molecular flexibility index (Phi) is 5.06. The number of nitrogens with zero attached hydrogens (tertiary/aromatic N) is 1. The van der Waals surface area contributed by atoms with E-state index in [-0.39, 0.29) is 29.3 Å². The smallest absolute Gasteiger partial charge is 0.232 e. The van der Waals surface area contributed by atoms with E-state index >= 15 is 0 Å². The molecule has 2 amide bonds. The van der Waals surface area contributed by atoms with Crippen molar-refractivity contribution >= 4 is 29.3 Å². The van der Waals surface area contributed by atoms with Crippen LogP contribution >= 0.6 is 11.8 Å². The van der Waals surface area contributed by atoms with E-state index < -0.39 is 0 Å². The summed E-state index contributed by atoms with van der Waals surface area (Å²) in [6, 6.07) is 4.07. The van der Waals surface area contributed by atoms with Crippen LogP contribution in [0.2, 0.25) is 0 Å². The van der Waals surface area contributed by atoms with Gasteiger partial charge < -0.3 is 16.4 Å². The number of thioether (sulfide) groups is 1. The minimum Gasteiger partial charge on any atom is -0.398 e. The third-order valence-corrected chi connectivity index (χ3v) is 4.56. The van der Waals surface area contributed by atoms with Gasteiger partial charge in [0.15, 0.2) is 0 Å². The van der Waals surface area contributed by atoms with Crippen molar-refractivity contribution in [2.75, 3.05) is 24.6 Å². The summed E-state index contributed by atoms with van der Waals surface area (Å²) in [5.74, 6) is -0.943. The van der Waals surface area contributed by atoms with Crippen LogP contribution in [0, 0.1) is 11.7 Å². The minimum absolute atomic E-state index is 0.0883. The molecule has 5 nitrogen and oxygen atoms in total. The SMILES string of the molecule is NC(=O)C1CCCN(C(=O)CSc2cc(F)ccc2N)C1. The molecule has 1 atom stereocenters. The number of carbonyl (C=O) groups is 2. The van der Waals surface area contributed by atoms with Crippen molar-refractivity contribution in [1.29, 1.82) is 0 Å². The van der Waals surface area contributed by atoms with E-state index in [9.17, 15) is 14.0 Å². The largest absolute Gasteiger partial charge is 0.398 e. The van der Waals surface area contributed by atoms with Gasteiger partial charge in [-0.1, -0.05) is 0 Å². The van der Waals surface area contributed by atoms with Gasteiger partial charge >= 0.3 is 0 Å². The molecule has 1 heterocycles. The first-order chi connectivity index (χ1) is 9.97. The van der Waals surface area contributed by atoms with Crippen molar-refractivity contribution in [2.24, 2.45) is 11.7 Å². The Morgan fingerprint density at radius 3 is 2.90 bits per heavy atom. The molecule has 1 fully saturated rings. The average Bonchev–Trinajstić information content (AvgIpc) is 2.48. The van der Waals surface area contributed by atoms with Gasteiger partial charge in [-0.2, -0.15) is 0 Å². The number of hydrogen-bond donors (Lipinski definition) is 2. The standard InChI is InChI=1S/C14H18FN3O2S/c15-10-3-4-11(16)12(6-10)21-8-13(19)18-5-1-2-9(7-18)14(17)20/h3-4,6,9H,1-2,5,7-8,16H2,(H2,17,20). The quantitative estimate of drug-likeness (QED) is 0.646. The highest BCUT2D eigenvalue weighted by molar-refractivity contribution is 8.00. The first-order valence-corrected chi connectivity index (χ1v) is 7.71. The zero-order valence-corrected chi connectivity index (χ0v) is 12.4. The predicted molar refractivity (Wildman–Crippen MR) is 80.0 cm³/mol. The molecule has 0 aliphatic carbocycles. The minimum atomic E-state index is -0.383. The van der Waals surface area contributed by atoms with Crippen molar-refractivity contribution in [3.05, 3.63) is 24.0 Å². The maximum Gasteiger partial charge on any atom is 0.232 e. The van der Waals surface area contributed by atoms with Crippen LogP contribution in [-0.4, -0.2) is 35.6 Å². The second kappa shape index (κ2) is 6.80. The lowest BCUT2D eigenvalue weighted by atomic mass is 9.97. The number of primary amides is 1. The fourth-order valence-electron chi connectivity index (χ4n) is 2.30. The Labute approximate surface area is 126 Å². The molecular formula is C14H18FN3O2S. The Morgan fingerprint density at radius 1 is 1.43 bits per heavy atom. The molecule has 0 saturated carbocycles. The molecule has 4 N–H and O–H groups in total. The molecule has 1 aliphatic rings. The maximum atomic E-state index is 13.2. The molecule has 21 heavy (non-hydrogen) atoms. The lowest BCUT2D eigenvalue weighted by molar-refractivity contribution is -0.132. The third-order valence-electron chi connectivity index (χ3n) is 3.50. The molecule has 0 radical (unpaired) electrons. The molecule has 2 rings (SSSR count). The van der Waals surface area contributed by atoms with Gasteiger partial charge in [0, 0.05) is 23.7 Å². The van der Waals surface area contributed by atoms with E-state index in [0.29, 0.717) is 23.7 Å². The molecule has 1 unspecified atom stereocenters. The van der Waals surface area contributed by atoms with Crippen LogP contribution < -0.4 is 11.5 Å². The topological polar surface area (TPSA) is 89.4 Å². The van der Waals surface area contributed by atoms with Crippen LogP contribution in [-0.2, 0) is 9.59 Å². The number of anilines is 1. The van der Waals surface area contributed by atoms with Crippen molar-refractivity contribution in [2.45, 2.75) is 17.7 Å². The van der Waals surface area contributed by atoms with Gasteiger partial charge in [-0.3, -0.25) is 9.59 Å². The first kappa shape index (κ1) is 15.6. The van der Waals surface area contributed by atoms with Gasteiger partial charge in [-0.25, -0.2) is 4.39 Å². The van der Waals surface area contributed by atoms with E-state index in [1.807, 2.05) is 0 Å². The predicted octanol–water partition coefficient (Wildman–Crippen LogP) is 1.22. The number of nitrogens with two attached hydrogens (primary N) is 2. The molecule has 0 spiro atoms. The van der Waals surface area contributed by atoms with Gasteiger partial charge in [0.05, 0.1) is 11.7 Å². The first-order valence-electron chi connectivity index (χ1n) is 6.72. The molecule has 1 aliphatic heterocycles. The van der Waals surface area contributed by atoms with Crippen LogP contribution in [0.4, 0.5) is 10.1 Å². The van der Waals surface area contributed by atoms with Gasteiger partial charge in [0.2, 0.25) is 11.8 Å². The van der Waals surface area contributed by atoms with Crippen molar-refractivity contribution < 1.29 is 14.0 Å². The van der Waals surface area contributed by atoms with Crippen LogP contribution in [0.25, 0.3) is 0 Å². The Balaban J connectivity index is 1.92. The summed E-state index contributed by atoms with van der Waals surface area (Å²) in [5, 5.41) is 0. The maximum absolute atomic E-state index is 13.2. The monoisotopic (exact) mass is 311 g/mol. The number of carbonyl (C=O) groups excluding carboxylic acids is 2. The summed E-state index contributed by atoms with van der Waals surface area (Å²) in [6.07, 6.45) is 1.50. The fraction of sp³-hybridized carbons (Fsp3) is 0.429. The van der Waals surface area contributed by atoms with E-state index in [4.69, 9.17) is 11.5 Å². The van der Waals surface area contributed by atoms with Crippen molar-refractivity contribution in [3.63, 3.8) is 0 Å². The number of nitrogen functional groups attached to an aromatic ring is 1. The Hall–Kier alpha value is -1.76. The van der Waals surface area contributed by atoms with Gasteiger partial charge in [-0.05, 0) is 31.0 Å². The summed E-state index contributed by atoms with van der Waals surface area (Å²) in [7, 11) is 0. The normalized spacial score (nSPS) is 18.5. The average molecular weight is 311 g/mol. The van der Waals surface area contributed by atoms with E-state index in [1.54, 1.807) is 4.90 Å². The molecule has 114 valence electrons. The zero-order chi connectivity index (χ0) is 15.4. The highest BCUT2D eigenvalue weighted by Crippen LogP contribution is 2.26. The molecule has 0 bridgehead atoms. The summed E-state index contributed by atoms with van der Waals surface area (Å²) < 4.78 is 13.2. The second-order valence-corrected chi connectivity index (χ2v) is 6.07.